The quantitative estimate of drug-likeness (QED) is 0.792. The van der Waals surface area contributed by atoms with Crippen LogP contribution in [-0.4, -0.2) is 24.1 Å². The molecule has 3 heteroatoms. The van der Waals surface area contributed by atoms with E-state index in [0.717, 1.165) is 12.2 Å². The molecule has 0 aliphatic rings. The molecule has 0 amide bonds. The van der Waals surface area contributed by atoms with Crippen molar-refractivity contribution in [1.82, 2.24) is 10.3 Å². The Morgan fingerprint density at radius 1 is 1.35 bits per heavy atom. The first-order chi connectivity index (χ1) is 7.97. The zero-order valence-corrected chi connectivity index (χ0v) is 11.4. The third kappa shape index (κ3) is 4.10. The van der Waals surface area contributed by atoms with Crippen molar-refractivity contribution < 1.29 is 0 Å². The number of rotatable bonds is 6. The average Bonchev–Trinajstić information content (AvgIpc) is 2.30. The van der Waals surface area contributed by atoms with Gasteiger partial charge < -0.3 is 11.1 Å². The molecule has 1 aromatic heterocycles. The molecule has 0 saturated heterocycles. The van der Waals surface area contributed by atoms with Gasteiger partial charge in [0, 0.05) is 36.4 Å². The highest BCUT2D eigenvalue weighted by atomic mass is 15.0. The Bertz CT molecular complexity index is 319. The van der Waals surface area contributed by atoms with Crippen LogP contribution < -0.4 is 11.1 Å². The van der Waals surface area contributed by atoms with E-state index >= 15 is 0 Å². The third-order valence-corrected chi connectivity index (χ3v) is 3.22. The highest BCUT2D eigenvalue weighted by Gasteiger charge is 2.23. The molecule has 0 radical (unpaired) electrons. The minimum absolute atomic E-state index is 0.0313. The molecule has 0 saturated carbocycles. The monoisotopic (exact) mass is 235 g/mol. The fraction of sp³-hybridized carbons (Fsp3) is 0.643. The van der Waals surface area contributed by atoms with Crippen LogP contribution in [0, 0.1) is 5.92 Å². The van der Waals surface area contributed by atoms with E-state index in [1.165, 1.54) is 0 Å². The van der Waals surface area contributed by atoms with Crippen LogP contribution in [0.15, 0.2) is 24.4 Å². The molecule has 1 atom stereocenters. The molecule has 1 aromatic rings. The van der Waals surface area contributed by atoms with E-state index in [-0.39, 0.29) is 5.41 Å². The molecular formula is C14H25N3. The summed E-state index contributed by atoms with van der Waals surface area (Å²) in [4.78, 5) is 4.43. The van der Waals surface area contributed by atoms with Crippen molar-refractivity contribution in [2.75, 3.05) is 13.1 Å². The molecule has 0 aliphatic carbocycles. The second-order valence-electron chi connectivity index (χ2n) is 5.57. The normalized spacial score (nSPS) is 14.0. The van der Waals surface area contributed by atoms with Crippen LogP contribution in [0.5, 0.6) is 0 Å². The minimum atomic E-state index is 0.0313. The standard InChI is InChI=1S/C14H25N3/c1-11(2)12(9-15)17-10-14(3,4)13-7-5-6-8-16-13/h5-8,11-12,17H,9-10,15H2,1-4H3. The summed E-state index contributed by atoms with van der Waals surface area (Å²) in [5, 5.41) is 3.54. The van der Waals surface area contributed by atoms with Gasteiger partial charge in [0.1, 0.15) is 0 Å². The molecule has 0 aromatic carbocycles. The van der Waals surface area contributed by atoms with Crippen LogP contribution in [0.2, 0.25) is 0 Å². The number of nitrogens with one attached hydrogen (secondary N) is 1. The van der Waals surface area contributed by atoms with Gasteiger partial charge in [0.05, 0.1) is 0 Å². The first kappa shape index (κ1) is 14.1. The highest BCUT2D eigenvalue weighted by Crippen LogP contribution is 2.20. The molecule has 1 heterocycles. The highest BCUT2D eigenvalue weighted by molar-refractivity contribution is 5.15. The van der Waals surface area contributed by atoms with Gasteiger partial charge in [-0.2, -0.15) is 0 Å². The van der Waals surface area contributed by atoms with Gasteiger partial charge in [0.15, 0.2) is 0 Å². The summed E-state index contributed by atoms with van der Waals surface area (Å²) in [6.07, 6.45) is 1.85. The van der Waals surface area contributed by atoms with Crippen LogP contribution in [-0.2, 0) is 5.41 Å². The van der Waals surface area contributed by atoms with E-state index in [0.29, 0.717) is 18.5 Å². The van der Waals surface area contributed by atoms with Crippen molar-refractivity contribution in [3.05, 3.63) is 30.1 Å². The molecule has 0 fully saturated rings. The Balaban J connectivity index is 2.61. The zero-order valence-electron chi connectivity index (χ0n) is 11.4. The summed E-state index contributed by atoms with van der Waals surface area (Å²) in [6.45, 7) is 10.4. The third-order valence-electron chi connectivity index (χ3n) is 3.22. The van der Waals surface area contributed by atoms with E-state index in [1.807, 2.05) is 18.3 Å². The van der Waals surface area contributed by atoms with Crippen molar-refractivity contribution in [2.45, 2.75) is 39.2 Å². The maximum absolute atomic E-state index is 5.76. The van der Waals surface area contributed by atoms with Crippen LogP contribution in [0.1, 0.15) is 33.4 Å². The topological polar surface area (TPSA) is 50.9 Å². The van der Waals surface area contributed by atoms with E-state index in [2.05, 4.69) is 44.1 Å². The van der Waals surface area contributed by atoms with Gasteiger partial charge in [-0.25, -0.2) is 0 Å². The van der Waals surface area contributed by atoms with Crippen molar-refractivity contribution >= 4 is 0 Å². The number of hydrogen-bond donors (Lipinski definition) is 2. The lowest BCUT2D eigenvalue weighted by Gasteiger charge is -2.29. The van der Waals surface area contributed by atoms with Crippen molar-refractivity contribution in [1.29, 1.82) is 0 Å². The largest absolute Gasteiger partial charge is 0.329 e. The molecule has 0 aliphatic heterocycles. The van der Waals surface area contributed by atoms with Crippen LogP contribution >= 0.6 is 0 Å². The predicted molar refractivity (Wildman–Crippen MR) is 72.9 cm³/mol. The van der Waals surface area contributed by atoms with Gasteiger partial charge in [-0.1, -0.05) is 33.8 Å². The number of nitrogens with zero attached hydrogens (tertiary/aromatic N) is 1. The lowest BCUT2D eigenvalue weighted by Crippen LogP contribution is -2.45. The fourth-order valence-electron chi connectivity index (χ4n) is 1.83. The van der Waals surface area contributed by atoms with Crippen molar-refractivity contribution in [3.8, 4) is 0 Å². The molecule has 3 nitrogen and oxygen atoms in total. The van der Waals surface area contributed by atoms with Gasteiger partial charge in [0.25, 0.3) is 0 Å². The summed E-state index contributed by atoms with van der Waals surface area (Å²) in [7, 11) is 0. The van der Waals surface area contributed by atoms with E-state index in [9.17, 15) is 0 Å². The molecule has 96 valence electrons. The molecular weight excluding hydrogens is 210 g/mol. The van der Waals surface area contributed by atoms with E-state index < -0.39 is 0 Å². The van der Waals surface area contributed by atoms with Crippen molar-refractivity contribution in [2.24, 2.45) is 11.7 Å². The Labute approximate surface area is 105 Å². The van der Waals surface area contributed by atoms with Gasteiger partial charge in [-0.05, 0) is 18.1 Å². The second kappa shape index (κ2) is 6.12. The Hall–Kier alpha value is -0.930. The first-order valence-electron chi connectivity index (χ1n) is 6.32. The summed E-state index contributed by atoms with van der Waals surface area (Å²) in [5.41, 5.74) is 6.91. The lowest BCUT2D eigenvalue weighted by atomic mass is 9.88. The van der Waals surface area contributed by atoms with Crippen LogP contribution in [0.25, 0.3) is 0 Å². The van der Waals surface area contributed by atoms with E-state index in [4.69, 9.17) is 5.73 Å². The molecule has 1 unspecified atom stereocenters. The average molecular weight is 235 g/mol. The summed E-state index contributed by atoms with van der Waals surface area (Å²) < 4.78 is 0. The number of aromatic nitrogens is 1. The minimum Gasteiger partial charge on any atom is -0.329 e. The van der Waals surface area contributed by atoms with Gasteiger partial charge in [0.2, 0.25) is 0 Å². The Kier molecular flexibility index (Phi) is 5.09. The molecule has 0 spiro atoms. The number of hydrogen-bond acceptors (Lipinski definition) is 3. The molecule has 17 heavy (non-hydrogen) atoms. The van der Waals surface area contributed by atoms with Gasteiger partial charge in [-0.3, -0.25) is 4.98 Å². The zero-order chi connectivity index (χ0) is 12.9. The maximum Gasteiger partial charge on any atom is 0.0472 e. The van der Waals surface area contributed by atoms with Crippen LogP contribution in [0.4, 0.5) is 0 Å². The molecule has 3 N–H and O–H groups in total. The van der Waals surface area contributed by atoms with Gasteiger partial charge in [-0.15, -0.1) is 0 Å². The van der Waals surface area contributed by atoms with Crippen LogP contribution in [0.3, 0.4) is 0 Å². The molecule has 1 rings (SSSR count). The Morgan fingerprint density at radius 3 is 2.53 bits per heavy atom. The number of pyridine rings is 1. The maximum atomic E-state index is 5.76. The Morgan fingerprint density at radius 2 is 2.06 bits per heavy atom. The number of nitrogens with two attached hydrogens (primary N) is 1. The smallest absolute Gasteiger partial charge is 0.0472 e. The van der Waals surface area contributed by atoms with Gasteiger partial charge >= 0.3 is 0 Å². The molecule has 0 bridgehead atoms. The SMILES string of the molecule is CC(C)C(CN)NCC(C)(C)c1ccccn1. The summed E-state index contributed by atoms with van der Waals surface area (Å²) in [6, 6.07) is 6.43. The summed E-state index contributed by atoms with van der Waals surface area (Å²) >= 11 is 0. The fourth-order valence-corrected chi connectivity index (χ4v) is 1.83. The second-order valence-corrected chi connectivity index (χ2v) is 5.57. The predicted octanol–water partition coefficient (Wildman–Crippen LogP) is 1.93. The first-order valence-corrected chi connectivity index (χ1v) is 6.32. The lowest BCUT2D eigenvalue weighted by molar-refractivity contribution is 0.357. The van der Waals surface area contributed by atoms with Crippen molar-refractivity contribution in [3.63, 3.8) is 0 Å². The van der Waals surface area contributed by atoms with E-state index in [1.54, 1.807) is 0 Å². The summed E-state index contributed by atoms with van der Waals surface area (Å²) in [5.74, 6) is 0.555.